The maximum Gasteiger partial charge on any atom is 0.308 e. The van der Waals surface area contributed by atoms with Crippen molar-refractivity contribution in [2.75, 3.05) is 19.8 Å². The highest BCUT2D eigenvalue weighted by atomic mass is 16.5. The predicted octanol–water partition coefficient (Wildman–Crippen LogP) is 3.73. The van der Waals surface area contributed by atoms with Crippen LogP contribution in [-0.4, -0.2) is 25.8 Å². The number of hydrogen-bond donors (Lipinski definition) is 0. The summed E-state index contributed by atoms with van der Waals surface area (Å²) in [5.74, 6) is 0.931. The van der Waals surface area contributed by atoms with Crippen LogP contribution < -0.4 is 0 Å². The van der Waals surface area contributed by atoms with E-state index in [4.69, 9.17) is 9.47 Å². The topological polar surface area (TPSA) is 35.5 Å². The summed E-state index contributed by atoms with van der Waals surface area (Å²) in [6, 6.07) is 0. The molecule has 0 atom stereocenters. The molecular weight excluding hydrogens is 240 g/mol. The summed E-state index contributed by atoms with van der Waals surface area (Å²) >= 11 is 0. The van der Waals surface area contributed by atoms with Gasteiger partial charge in [0.1, 0.15) is 0 Å². The van der Waals surface area contributed by atoms with Crippen molar-refractivity contribution in [2.24, 2.45) is 11.8 Å². The number of rotatable bonds is 8. The van der Waals surface area contributed by atoms with Crippen LogP contribution in [0.3, 0.4) is 0 Å². The van der Waals surface area contributed by atoms with E-state index < -0.39 is 0 Å². The van der Waals surface area contributed by atoms with E-state index in [9.17, 15) is 4.79 Å². The van der Waals surface area contributed by atoms with Crippen LogP contribution in [0.15, 0.2) is 12.2 Å². The van der Waals surface area contributed by atoms with E-state index in [1.54, 1.807) is 0 Å². The molecule has 0 heterocycles. The molecule has 0 aromatic carbocycles. The second kappa shape index (κ2) is 9.13. The smallest absolute Gasteiger partial charge is 0.308 e. The highest BCUT2D eigenvalue weighted by molar-refractivity contribution is 5.72. The third-order valence-corrected chi connectivity index (χ3v) is 3.62. The molecule has 0 saturated heterocycles. The van der Waals surface area contributed by atoms with Gasteiger partial charge in [-0.25, -0.2) is 0 Å². The van der Waals surface area contributed by atoms with Gasteiger partial charge in [0.15, 0.2) is 0 Å². The van der Waals surface area contributed by atoms with Crippen molar-refractivity contribution in [1.82, 2.24) is 0 Å². The van der Waals surface area contributed by atoms with Gasteiger partial charge in [0.25, 0.3) is 0 Å². The zero-order valence-corrected chi connectivity index (χ0v) is 12.5. The van der Waals surface area contributed by atoms with Crippen molar-refractivity contribution in [2.45, 2.75) is 52.4 Å². The Kier molecular flexibility index (Phi) is 7.80. The third-order valence-electron chi connectivity index (χ3n) is 3.62. The maximum atomic E-state index is 11.8. The molecular formula is C16H28O3. The number of carbonyl (C=O) groups excluding carboxylic acids is 1. The van der Waals surface area contributed by atoms with Crippen molar-refractivity contribution in [1.29, 1.82) is 0 Å². The first-order chi connectivity index (χ1) is 9.09. The fourth-order valence-electron chi connectivity index (χ4n) is 2.34. The molecule has 0 aromatic heterocycles. The molecule has 0 N–H and O–H groups in total. The SMILES string of the molecule is C=C(C)COCCCCOC(=O)C1CCC(C)CC1. The molecule has 0 spiro atoms. The summed E-state index contributed by atoms with van der Waals surface area (Å²) < 4.78 is 10.7. The molecule has 19 heavy (non-hydrogen) atoms. The summed E-state index contributed by atoms with van der Waals surface area (Å²) in [7, 11) is 0. The quantitative estimate of drug-likeness (QED) is 0.382. The van der Waals surface area contributed by atoms with Crippen LogP contribution in [0, 0.1) is 11.8 Å². The molecule has 0 aliphatic heterocycles. The summed E-state index contributed by atoms with van der Waals surface area (Å²) in [5, 5.41) is 0. The molecule has 3 heteroatoms. The third kappa shape index (κ3) is 7.36. The normalized spacial score (nSPS) is 23.1. The van der Waals surface area contributed by atoms with Gasteiger partial charge in [-0.3, -0.25) is 4.79 Å². The number of unbranched alkanes of at least 4 members (excludes halogenated alkanes) is 1. The van der Waals surface area contributed by atoms with Gasteiger partial charge < -0.3 is 9.47 Å². The van der Waals surface area contributed by atoms with Gasteiger partial charge >= 0.3 is 5.97 Å². The van der Waals surface area contributed by atoms with Gasteiger partial charge in [0.05, 0.1) is 19.1 Å². The molecule has 0 radical (unpaired) electrons. The number of carbonyl (C=O) groups is 1. The highest BCUT2D eigenvalue weighted by Crippen LogP contribution is 2.28. The van der Waals surface area contributed by atoms with Crippen LogP contribution in [-0.2, 0) is 14.3 Å². The first-order valence-electron chi connectivity index (χ1n) is 7.48. The van der Waals surface area contributed by atoms with Crippen LogP contribution in [0.4, 0.5) is 0 Å². The van der Waals surface area contributed by atoms with E-state index in [0.29, 0.717) is 19.8 Å². The Bertz CT molecular complexity index is 278. The molecule has 0 bridgehead atoms. The molecule has 1 aliphatic carbocycles. The van der Waals surface area contributed by atoms with Crippen LogP contribution in [0.25, 0.3) is 0 Å². The Morgan fingerprint density at radius 2 is 1.79 bits per heavy atom. The number of esters is 1. The number of ether oxygens (including phenoxy) is 2. The minimum Gasteiger partial charge on any atom is -0.465 e. The van der Waals surface area contributed by atoms with E-state index in [2.05, 4.69) is 13.5 Å². The van der Waals surface area contributed by atoms with Gasteiger partial charge in [-0.1, -0.05) is 19.1 Å². The Morgan fingerprint density at radius 1 is 1.16 bits per heavy atom. The molecule has 3 nitrogen and oxygen atoms in total. The predicted molar refractivity (Wildman–Crippen MR) is 76.9 cm³/mol. The van der Waals surface area contributed by atoms with Gasteiger partial charge in [-0.15, -0.1) is 0 Å². The Labute approximate surface area is 117 Å². The minimum absolute atomic E-state index is 0.00903. The lowest BCUT2D eigenvalue weighted by molar-refractivity contribution is -0.150. The Balaban J connectivity index is 1.97. The van der Waals surface area contributed by atoms with Crippen molar-refractivity contribution < 1.29 is 14.3 Å². The largest absolute Gasteiger partial charge is 0.465 e. The second-order valence-corrected chi connectivity index (χ2v) is 5.84. The minimum atomic E-state index is 0.00903. The van der Waals surface area contributed by atoms with E-state index >= 15 is 0 Å². The molecule has 0 aromatic rings. The van der Waals surface area contributed by atoms with Crippen LogP contribution in [0.2, 0.25) is 0 Å². The lowest BCUT2D eigenvalue weighted by Crippen LogP contribution is -2.23. The average molecular weight is 268 g/mol. The van der Waals surface area contributed by atoms with Gasteiger partial charge in [0, 0.05) is 6.61 Å². The van der Waals surface area contributed by atoms with Gasteiger partial charge in [-0.05, 0) is 51.4 Å². The standard InChI is InChI=1S/C16H28O3/c1-13(2)12-18-10-4-5-11-19-16(17)15-8-6-14(3)7-9-15/h14-15H,1,4-12H2,2-3H3. The van der Waals surface area contributed by atoms with Crippen molar-refractivity contribution >= 4 is 5.97 Å². The van der Waals surface area contributed by atoms with E-state index in [1.807, 2.05) is 6.92 Å². The molecule has 0 amide bonds. The Hall–Kier alpha value is -0.830. The first-order valence-corrected chi connectivity index (χ1v) is 7.48. The van der Waals surface area contributed by atoms with E-state index in [1.165, 1.54) is 0 Å². The van der Waals surface area contributed by atoms with Gasteiger partial charge in [-0.2, -0.15) is 0 Å². The van der Waals surface area contributed by atoms with Crippen LogP contribution in [0.1, 0.15) is 52.4 Å². The van der Waals surface area contributed by atoms with E-state index in [0.717, 1.165) is 50.0 Å². The molecule has 0 unspecified atom stereocenters. The van der Waals surface area contributed by atoms with Crippen LogP contribution in [0.5, 0.6) is 0 Å². The van der Waals surface area contributed by atoms with E-state index in [-0.39, 0.29) is 11.9 Å². The molecule has 1 aliphatic rings. The summed E-state index contributed by atoms with van der Waals surface area (Å²) in [6.07, 6.45) is 6.14. The monoisotopic (exact) mass is 268 g/mol. The fraction of sp³-hybridized carbons (Fsp3) is 0.812. The van der Waals surface area contributed by atoms with Crippen LogP contribution >= 0.6 is 0 Å². The zero-order chi connectivity index (χ0) is 14.1. The summed E-state index contributed by atoms with van der Waals surface area (Å²) in [5.41, 5.74) is 1.04. The molecule has 110 valence electrons. The highest BCUT2D eigenvalue weighted by Gasteiger charge is 2.25. The summed E-state index contributed by atoms with van der Waals surface area (Å²) in [6.45, 7) is 9.85. The lowest BCUT2D eigenvalue weighted by atomic mass is 9.83. The Morgan fingerprint density at radius 3 is 2.42 bits per heavy atom. The summed E-state index contributed by atoms with van der Waals surface area (Å²) in [4.78, 5) is 11.8. The van der Waals surface area contributed by atoms with Crippen molar-refractivity contribution in [3.05, 3.63) is 12.2 Å². The second-order valence-electron chi connectivity index (χ2n) is 5.84. The first kappa shape index (κ1) is 16.2. The van der Waals surface area contributed by atoms with Gasteiger partial charge in [0.2, 0.25) is 0 Å². The average Bonchev–Trinajstić information content (AvgIpc) is 2.38. The van der Waals surface area contributed by atoms with Crippen molar-refractivity contribution in [3.8, 4) is 0 Å². The zero-order valence-electron chi connectivity index (χ0n) is 12.5. The molecule has 1 saturated carbocycles. The molecule has 1 fully saturated rings. The van der Waals surface area contributed by atoms with Crippen molar-refractivity contribution in [3.63, 3.8) is 0 Å². The lowest BCUT2D eigenvalue weighted by Gasteiger charge is -2.24. The maximum absolute atomic E-state index is 11.8. The number of hydrogen-bond acceptors (Lipinski definition) is 3. The molecule has 1 rings (SSSR count). The fourth-order valence-corrected chi connectivity index (χ4v) is 2.34.